The van der Waals surface area contributed by atoms with Crippen LogP contribution in [0.3, 0.4) is 0 Å². The Morgan fingerprint density at radius 2 is 1.76 bits per heavy atom. The number of hydrogen-bond donors (Lipinski definition) is 0. The molecule has 0 amide bonds. The molecular weight excluding hydrogens is 212 g/mol. The third-order valence-electron chi connectivity index (χ3n) is 2.73. The fourth-order valence-electron chi connectivity index (χ4n) is 1.84. The summed E-state index contributed by atoms with van der Waals surface area (Å²) in [7, 11) is 1.92. The van der Waals surface area contributed by atoms with Crippen molar-refractivity contribution in [2.45, 2.75) is 0 Å². The van der Waals surface area contributed by atoms with Crippen LogP contribution in [0.2, 0.25) is 0 Å². The van der Waals surface area contributed by atoms with Crippen molar-refractivity contribution in [2.75, 3.05) is 0 Å². The van der Waals surface area contributed by atoms with Gasteiger partial charge in [-0.05, 0) is 17.7 Å². The first-order valence-corrected chi connectivity index (χ1v) is 5.46. The van der Waals surface area contributed by atoms with Gasteiger partial charge in [0.05, 0.1) is 12.5 Å². The topological polar surface area (TPSA) is 31.0 Å². The van der Waals surface area contributed by atoms with Crippen molar-refractivity contribution >= 4 is 0 Å². The Labute approximate surface area is 99.3 Å². The van der Waals surface area contributed by atoms with Crippen molar-refractivity contribution in [1.82, 2.24) is 9.78 Å². The number of nitrogens with zero attached hydrogens (tertiary/aromatic N) is 2. The highest BCUT2D eigenvalue weighted by Gasteiger charge is 2.03. The first kappa shape index (κ1) is 9.90. The molecule has 0 spiro atoms. The van der Waals surface area contributed by atoms with Gasteiger partial charge >= 0.3 is 0 Å². The van der Waals surface area contributed by atoms with E-state index in [4.69, 9.17) is 4.42 Å². The second-order valence-corrected chi connectivity index (χ2v) is 3.96. The van der Waals surface area contributed by atoms with Gasteiger partial charge in [0.1, 0.15) is 5.76 Å². The molecule has 0 fully saturated rings. The first-order valence-electron chi connectivity index (χ1n) is 5.46. The minimum absolute atomic E-state index is 0.891. The highest BCUT2D eigenvalue weighted by atomic mass is 16.3. The van der Waals surface area contributed by atoms with E-state index >= 15 is 0 Å². The zero-order valence-electron chi connectivity index (χ0n) is 9.50. The molecule has 0 bridgehead atoms. The van der Waals surface area contributed by atoms with Gasteiger partial charge < -0.3 is 4.42 Å². The maximum absolute atomic E-state index is 5.35. The molecule has 0 aliphatic heterocycles. The van der Waals surface area contributed by atoms with E-state index in [1.807, 2.05) is 31.6 Å². The standard InChI is InChI=1S/C14H12N2O/c1-16-10-13(9-15-16)11-4-6-12(7-5-11)14-3-2-8-17-14/h2-10H,1H3. The molecule has 3 nitrogen and oxygen atoms in total. The minimum Gasteiger partial charge on any atom is -0.464 e. The van der Waals surface area contributed by atoms with Gasteiger partial charge in [0.15, 0.2) is 0 Å². The summed E-state index contributed by atoms with van der Waals surface area (Å²) in [5, 5.41) is 4.16. The van der Waals surface area contributed by atoms with Gasteiger partial charge in [-0.25, -0.2) is 0 Å². The Morgan fingerprint density at radius 1 is 1.00 bits per heavy atom. The van der Waals surface area contributed by atoms with Crippen molar-refractivity contribution in [3.05, 3.63) is 55.1 Å². The van der Waals surface area contributed by atoms with E-state index in [2.05, 4.69) is 29.4 Å². The van der Waals surface area contributed by atoms with E-state index < -0.39 is 0 Å². The minimum atomic E-state index is 0.891. The lowest BCUT2D eigenvalue weighted by Crippen LogP contribution is -1.84. The van der Waals surface area contributed by atoms with Crippen molar-refractivity contribution in [3.8, 4) is 22.5 Å². The maximum atomic E-state index is 5.35. The van der Waals surface area contributed by atoms with Gasteiger partial charge in [-0.2, -0.15) is 5.10 Å². The summed E-state index contributed by atoms with van der Waals surface area (Å²) in [6.45, 7) is 0. The number of benzene rings is 1. The second-order valence-electron chi connectivity index (χ2n) is 3.96. The van der Waals surface area contributed by atoms with Crippen LogP contribution in [0.5, 0.6) is 0 Å². The number of rotatable bonds is 2. The van der Waals surface area contributed by atoms with Crippen LogP contribution < -0.4 is 0 Å². The van der Waals surface area contributed by atoms with Crippen molar-refractivity contribution in [3.63, 3.8) is 0 Å². The molecule has 0 saturated carbocycles. The number of aromatic nitrogens is 2. The maximum Gasteiger partial charge on any atom is 0.133 e. The van der Waals surface area contributed by atoms with E-state index in [0.717, 1.165) is 22.5 Å². The lowest BCUT2D eigenvalue weighted by molar-refractivity contribution is 0.582. The molecule has 2 aromatic heterocycles. The molecule has 0 atom stereocenters. The molecule has 0 aliphatic carbocycles. The largest absolute Gasteiger partial charge is 0.464 e. The van der Waals surface area contributed by atoms with Gasteiger partial charge in [-0.1, -0.05) is 24.3 Å². The van der Waals surface area contributed by atoms with E-state index in [1.54, 1.807) is 10.9 Å². The number of furan rings is 1. The molecule has 17 heavy (non-hydrogen) atoms. The fraction of sp³-hybridized carbons (Fsp3) is 0.0714. The molecule has 1 aromatic carbocycles. The van der Waals surface area contributed by atoms with Gasteiger partial charge in [0.25, 0.3) is 0 Å². The fourth-order valence-corrected chi connectivity index (χ4v) is 1.84. The number of hydrogen-bond acceptors (Lipinski definition) is 2. The zero-order valence-corrected chi connectivity index (χ0v) is 9.50. The van der Waals surface area contributed by atoms with E-state index in [1.165, 1.54) is 0 Å². The Bertz CT molecular complexity index is 606. The molecule has 84 valence electrons. The van der Waals surface area contributed by atoms with E-state index in [0.29, 0.717) is 0 Å². The molecule has 3 aromatic rings. The molecule has 3 heteroatoms. The summed E-state index contributed by atoms with van der Waals surface area (Å²) >= 11 is 0. The Balaban J connectivity index is 1.95. The summed E-state index contributed by atoms with van der Waals surface area (Å²) < 4.78 is 7.15. The molecule has 0 saturated heterocycles. The predicted octanol–water partition coefficient (Wildman–Crippen LogP) is 3.35. The highest BCUT2D eigenvalue weighted by Crippen LogP contribution is 2.24. The highest BCUT2D eigenvalue weighted by molar-refractivity contribution is 5.67. The van der Waals surface area contributed by atoms with Crippen LogP contribution in [0.1, 0.15) is 0 Å². The predicted molar refractivity (Wildman–Crippen MR) is 66.3 cm³/mol. The van der Waals surface area contributed by atoms with Crippen LogP contribution in [-0.4, -0.2) is 9.78 Å². The summed E-state index contributed by atoms with van der Waals surface area (Å²) in [6.07, 6.45) is 5.55. The third kappa shape index (κ3) is 1.87. The van der Waals surface area contributed by atoms with Crippen LogP contribution in [0.15, 0.2) is 59.5 Å². The van der Waals surface area contributed by atoms with Crippen LogP contribution >= 0.6 is 0 Å². The molecule has 2 heterocycles. The Morgan fingerprint density at radius 3 is 2.35 bits per heavy atom. The van der Waals surface area contributed by atoms with Crippen LogP contribution in [0, 0.1) is 0 Å². The van der Waals surface area contributed by atoms with E-state index in [9.17, 15) is 0 Å². The lowest BCUT2D eigenvalue weighted by atomic mass is 10.1. The van der Waals surface area contributed by atoms with E-state index in [-0.39, 0.29) is 0 Å². The van der Waals surface area contributed by atoms with Crippen LogP contribution in [0.4, 0.5) is 0 Å². The van der Waals surface area contributed by atoms with Crippen molar-refractivity contribution in [2.24, 2.45) is 7.05 Å². The summed E-state index contributed by atoms with van der Waals surface area (Å²) in [6, 6.07) is 12.1. The monoisotopic (exact) mass is 224 g/mol. The summed E-state index contributed by atoms with van der Waals surface area (Å²) in [5.74, 6) is 0.891. The van der Waals surface area contributed by atoms with Crippen LogP contribution in [-0.2, 0) is 7.05 Å². The van der Waals surface area contributed by atoms with Crippen LogP contribution in [0.25, 0.3) is 22.5 Å². The van der Waals surface area contributed by atoms with Gasteiger partial charge in [-0.3, -0.25) is 4.68 Å². The number of aryl methyl sites for hydroxylation is 1. The molecule has 0 unspecified atom stereocenters. The normalized spacial score (nSPS) is 10.6. The Kier molecular flexibility index (Phi) is 2.29. The summed E-state index contributed by atoms with van der Waals surface area (Å²) in [5.41, 5.74) is 3.37. The lowest BCUT2D eigenvalue weighted by Gasteiger charge is -1.99. The quantitative estimate of drug-likeness (QED) is 0.668. The average Bonchev–Trinajstić information content (AvgIpc) is 3.00. The molecule has 3 rings (SSSR count). The SMILES string of the molecule is Cn1cc(-c2ccc(-c3ccco3)cc2)cn1. The smallest absolute Gasteiger partial charge is 0.133 e. The van der Waals surface area contributed by atoms with Gasteiger partial charge in [-0.15, -0.1) is 0 Å². The Hall–Kier alpha value is -2.29. The molecule has 0 aliphatic rings. The van der Waals surface area contributed by atoms with Gasteiger partial charge in [0.2, 0.25) is 0 Å². The van der Waals surface area contributed by atoms with Gasteiger partial charge in [0, 0.05) is 24.4 Å². The molecule has 0 radical (unpaired) electrons. The van der Waals surface area contributed by atoms with Crippen molar-refractivity contribution in [1.29, 1.82) is 0 Å². The molecule has 0 N–H and O–H groups in total. The average molecular weight is 224 g/mol. The molecular formula is C14H12N2O. The first-order chi connectivity index (χ1) is 8.33. The van der Waals surface area contributed by atoms with Crippen molar-refractivity contribution < 1.29 is 4.42 Å². The summed E-state index contributed by atoms with van der Waals surface area (Å²) in [4.78, 5) is 0. The second kappa shape index (κ2) is 3.94. The zero-order chi connectivity index (χ0) is 11.7. The third-order valence-corrected chi connectivity index (χ3v) is 2.73.